The van der Waals surface area contributed by atoms with Crippen molar-refractivity contribution in [2.75, 3.05) is 20.2 Å². The molecule has 0 aliphatic carbocycles. The van der Waals surface area contributed by atoms with Gasteiger partial charge in [0.25, 0.3) is 0 Å². The van der Waals surface area contributed by atoms with E-state index in [0.717, 1.165) is 34.0 Å². The van der Waals surface area contributed by atoms with Gasteiger partial charge < -0.3 is 14.5 Å². The molecule has 0 N–H and O–H groups in total. The van der Waals surface area contributed by atoms with Crippen molar-refractivity contribution in [1.82, 2.24) is 14.8 Å². The molecule has 6 nitrogen and oxygen atoms in total. The average molecular weight is 357 g/mol. The summed E-state index contributed by atoms with van der Waals surface area (Å²) >= 11 is 1.54. The summed E-state index contributed by atoms with van der Waals surface area (Å²) in [7, 11) is 1.64. The molecule has 0 spiro atoms. The smallest absolute Gasteiger partial charge is 0.246 e. The predicted molar refractivity (Wildman–Crippen MR) is 94.3 cm³/mol. The van der Waals surface area contributed by atoms with Gasteiger partial charge in [0, 0.05) is 23.2 Å². The maximum absolute atomic E-state index is 12.6. The predicted octanol–water partition coefficient (Wildman–Crippen LogP) is 2.15. The fourth-order valence-corrected chi connectivity index (χ4v) is 4.38. The van der Waals surface area contributed by atoms with Crippen molar-refractivity contribution in [3.63, 3.8) is 0 Å². The van der Waals surface area contributed by atoms with Crippen molar-refractivity contribution in [2.24, 2.45) is 0 Å². The van der Waals surface area contributed by atoms with Crippen molar-refractivity contribution >= 4 is 23.2 Å². The molecule has 25 heavy (non-hydrogen) atoms. The van der Waals surface area contributed by atoms with E-state index in [0.29, 0.717) is 13.1 Å². The second kappa shape index (κ2) is 6.48. The van der Waals surface area contributed by atoms with Gasteiger partial charge in [0.05, 0.1) is 13.7 Å². The van der Waals surface area contributed by atoms with Crippen LogP contribution in [0.15, 0.2) is 30.5 Å². The Morgan fingerprint density at radius 1 is 1.36 bits per heavy atom. The number of ether oxygens (including phenoxy) is 1. The van der Waals surface area contributed by atoms with E-state index < -0.39 is 0 Å². The zero-order valence-corrected chi connectivity index (χ0v) is 14.8. The van der Waals surface area contributed by atoms with E-state index in [2.05, 4.69) is 4.98 Å². The number of nitrogens with zero attached hydrogens (tertiary/aromatic N) is 3. The van der Waals surface area contributed by atoms with E-state index in [9.17, 15) is 9.59 Å². The van der Waals surface area contributed by atoms with Gasteiger partial charge in [-0.3, -0.25) is 9.59 Å². The van der Waals surface area contributed by atoms with Gasteiger partial charge in [-0.1, -0.05) is 12.1 Å². The maximum Gasteiger partial charge on any atom is 0.246 e. The lowest BCUT2D eigenvalue weighted by atomic mass is 10.1. The molecular formula is C18H19N3O3S. The highest BCUT2D eigenvalue weighted by atomic mass is 32.1. The van der Waals surface area contributed by atoms with E-state index in [-0.39, 0.29) is 24.4 Å². The number of hydrogen-bond acceptors (Lipinski definition) is 5. The molecule has 1 unspecified atom stereocenters. The van der Waals surface area contributed by atoms with Crippen LogP contribution in [0.2, 0.25) is 0 Å². The highest BCUT2D eigenvalue weighted by Crippen LogP contribution is 2.30. The van der Waals surface area contributed by atoms with E-state index in [1.165, 1.54) is 0 Å². The van der Waals surface area contributed by atoms with Gasteiger partial charge in [0.2, 0.25) is 11.8 Å². The SMILES string of the molecule is COc1cccc(-c2ncc(CN3CC(=O)N4CCCC4C3=O)s2)c1. The second-order valence-corrected chi connectivity index (χ2v) is 7.42. The summed E-state index contributed by atoms with van der Waals surface area (Å²) in [6, 6.07) is 7.48. The number of fused-ring (bicyclic) bond motifs is 1. The molecule has 1 atom stereocenters. The number of carbonyl (C=O) groups is 2. The molecule has 7 heteroatoms. The summed E-state index contributed by atoms with van der Waals surface area (Å²) in [4.78, 5) is 33.7. The molecule has 2 saturated heterocycles. The number of rotatable bonds is 4. The number of aromatic nitrogens is 1. The Balaban J connectivity index is 1.51. The Bertz CT molecular complexity index is 819. The lowest BCUT2D eigenvalue weighted by Gasteiger charge is -2.36. The summed E-state index contributed by atoms with van der Waals surface area (Å²) in [5, 5.41) is 0.882. The van der Waals surface area contributed by atoms with Crippen LogP contribution in [0.5, 0.6) is 5.75 Å². The van der Waals surface area contributed by atoms with Gasteiger partial charge >= 0.3 is 0 Å². The third-order valence-electron chi connectivity index (χ3n) is 4.71. The van der Waals surface area contributed by atoms with Crippen molar-refractivity contribution in [1.29, 1.82) is 0 Å². The van der Waals surface area contributed by atoms with Crippen molar-refractivity contribution in [2.45, 2.75) is 25.4 Å². The lowest BCUT2D eigenvalue weighted by molar-refractivity contribution is -0.154. The minimum absolute atomic E-state index is 0.0552. The molecule has 2 aliphatic heterocycles. The molecule has 130 valence electrons. The molecule has 0 bridgehead atoms. The fourth-order valence-electron chi connectivity index (χ4n) is 3.46. The number of carbonyl (C=O) groups excluding carboxylic acids is 2. The van der Waals surface area contributed by atoms with Crippen LogP contribution in [0.3, 0.4) is 0 Å². The highest BCUT2D eigenvalue weighted by molar-refractivity contribution is 7.15. The topological polar surface area (TPSA) is 62.7 Å². The first-order chi connectivity index (χ1) is 12.2. The molecule has 1 aromatic carbocycles. The quantitative estimate of drug-likeness (QED) is 0.841. The van der Waals surface area contributed by atoms with E-state index >= 15 is 0 Å². The molecule has 4 rings (SSSR count). The zero-order chi connectivity index (χ0) is 17.4. The Labute approximate surface area is 150 Å². The molecule has 1 aromatic heterocycles. The second-order valence-electron chi connectivity index (χ2n) is 6.30. The normalized spacial score (nSPS) is 20.1. The van der Waals surface area contributed by atoms with Gasteiger partial charge in [-0.25, -0.2) is 4.98 Å². The molecule has 2 aromatic rings. The maximum atomic E-state index is 12.6. The molecule has 0 saturated carbocycles. The molecular weight excluding hydrogens is 338 g/mol. The summed E-state index contributed by atoms with van der Waals surface area (Å²) in [5.74, 6) is 0.903. The lowest BCUT2D eigenvalue weighted by Crippen LogP contribution is -2.56. The largest absolute Gasteiger partial charge is 0.497 e. The Morgan fingerprint density at radius 3 is 3.08 bits per heavy atom. The van der Waals surface area contributed by atoms with E-state index in [1.807, 2.05) is 24.3 Å². The van der Waals surface area contributed by atoms with Crippen LogP contribution < -0.4 is 4.74 Å². The van der Waals surface area contributed by atoms with E-state index in [4.69, 9.17) is 4.74 Å². The molecule has 2 fully saturated rings. The van der Waals surface area contributed by atoms with Crippen LogP contribution in [0.4, 0.5) is 0 Å². The number of hydrogen-bond donors (Lipinski definition) is 0. The van der Waals surface area contributed by atoms with Crippen LogP contribution in [-0.2, 0) is 16.1 Å². The third-order valence-corrected chi connectivity index (χ3v) is 5.74. The number of thiazole rings is 1. The number of amides is 2. The standard InChI is InChI=1S/C18H19N3O3S/c1-24-13-5-2-4-12(8-13)17-19-9-14(25-17)10-20-11-16(22)21-7-3-6-15(21)18(20)23/h2,4-5,8-9,15H,3,6-7,10-11H2,1H3. The third kappa shape index (κ3) is 3.00. The Kier molecular flexibility index (Phi) is 4.17. The van der Waals surface area contributed by atoms with Crippen molar-refractivity contribution in [3.8, 4) is 16.3 Å². The average Bonchev–Trinajstić information content (AvgIpc) is 3.29. The van der Waals surface area contributed by atoms with Crippen LogP contribution >= 0.6 is 11.3 Å². The van der Waals surface area contributed by atoms with Gasteiger partial charge in [-0.05, 0) is 25.0 Å². The minimum Gasteiger partial charge on any atom is -0.497 e. The van der Waals surface area contributed by atoms with Crippen LogP contribution in [0.1, 0.15) is 17.7 Å². The number of methoxy groups -OCH3 is 1. The molecule has 0 radical (unpaired) electrons. The highest BCUT2D eigenvalue weighted by Gasteiger charge is 2.41. The van der Waals surface area contributed by atoms with Crippen LogP contribution in [0.25, 0.3) is 10.6 Å². The Hall–Kier alpha value is -2.41. The molecule has 2 amide bonds. The van der Waals surface area contributed by atoms with Crippen molar-refractivity contribution < 1.29 is 14.3 Å². The fraction of sp³-hybridized carbons (Fsp3) is 0.389. The molecule has 2 aliphatic rings. The number of piperazine rings is 1. The minimum atomic E-state index is -0.257. The zero-order valence-electron chi connectivity index (χ0n) is 14.0. The first-order valence-corrected chi connectivity index (χ1v) is 9.15. The van der Waals surface area contributed by atoms with Crippen LogP contribution in [0, 0.1) is 0 Å². The van der Waals surface area contributed by atoms with Crippen molar-refractivity contribution in [3.05, 3.63) is 35.3 Å². The van der Waals surface area contributed by atoms with E-state index in [1.54, 1.807) is 34.4 Å². The monoisotopic (exact) mass is 357 g/mol. The summed E-state index contributed by atoms with van der Waals surface area (Å²) < 4.78 is 5.25. The number of benzene rings is 1. The van der Waals surface area contributed by atoms with Crippen LogP contribution in [-0.4, -0.2) is 52.8 Å². The summed E-state index contributed by atoms with van der Waals surface area (Å²) in [6.07, 6.45) is 3.48. The van der Waals surface area contributed by atoms with Gasteiger partial charge in [-0.15, -0.1) is 11.3 Å². The van der Waals surface area contributed by atoms with Gasteiger partial charge in [0.1, 0.15) is 23.3 Å². The van der Waals surface area contributed by atoms with Gasteiger partial charge in [0.15, 0.2) is 0 Å². The van der Waals surface area contributed by atoms with Gasteiger partial charge in [-0.2, -0.15) is 0 Å². The molecule has 3 heterocycles. The first kappa shape index (κ1) is 16.1. The first-order valence-electron chi connectivity index (χ1n) is 8.33. The summed E-state index contributed by atoms with van der Waals surface area (Å²) in [5.41, 5.74) is 0.985. The summed E-state index contributed by atoms with van der Waals surface area (Å²) in [6.45, 7) is 1.32. The Morgan fingerprint density at radius 2 is 2.24 bits per heavy atom.